The van der Waals surface area contributed by atoms with E-state index in [-0.39, 0.29) is 13.2 Å². The van der Waals surface area contributed by atoms with E-state index in [4.69, 9.17) is 38.6 Å². The number of rotatable bonds is 20. The summed E-state index contributed by atoms with van der Waals surface area (Å²) in [5.74, 6) is -1.69. The zero-order valence-corrected chi connectivity index (χ0v) is 17.1. The van der Waals surface area contributed by atoms with Crippen LogP contribution in [0.1, 0.15) is 26.7 Å². The predicted molar refractivity (Wildman–Crippen MR) is 101 cm³/mol. The first kappa shape index (κ1) is 28.9. The van der Waals surface area contributed by atoms with Crippen LogP contribution in [-0.2, 0) is 38.0 Å². The van der Waals surface area contributed by atoms with Gasteiger partial charge in [-0.25, -0.2) is 4.79 Å². The van der Waals surface area contributed by atoms with Gasteiger partial charge in [-0.1, -0.05) is 6.92 Å². The molecule has 0 saturated heterocycles. The largest absolute Gasteiger partial charge is 0.481 e. The Morgan fingerprint density at radius 1 is 0.571 bits per heavy atom. The Hall–Kier alpha value is -1.30. The van der Waals surface area contributed by atoms with E-state index in [0.29, 0.717) is 72.5 Å². The third-order valence-electron chi connectivity index (χ3n) is 2.75. The molecule has 0 bridgehead atoms. The van der Waals surface area contributed by atoms with Crippen LogP contribution in [0, 0.1) is 0 Å². The van der Waals surface area contributed by atoms with E-state index in [2.05, 4.69) is 0 Å². The molecule has 0 amide bonds. The van der Waals surface area contributed by atoms with Gasteiger partial charge in [-0.3, -0.25) is 4.79 Å². The Morgan fingerprint density at radius 3 is 1.18 bits per heavy atom. The van der Waals surface area contributed by atoms with Gasteiger partial charge in [0.2, 0.25) is 0 Å². The number of carboxylic acid groups (broad SMARTS) is 2. The quantitative estimate of drug-likeness (QED) is 0.280. The lowest BCUT2D eigenvalue weighted by molar-refractivity contribution is -0.142. The van der Waals surface area contributed by atoms with Crippen LogP contribution in [0.3, 0.4) is 0 Å². The molecule has 0 spiro atoms. The molecule has 0 aliphatic heterocycles. The van der Waals surface area contributed by atoms with Gasteiger partial charge in [-0.15, -0.1) is 0 Å². The van der Waals surface area contributed by atoms with E-state index < -0.39 is 11.9 Å². The fourth-order valence-electron chi connectivity index (χ4n) is 1.52. The third-order valence-corrected chi connectivity index (χ3v) is 2.75. The molecular weight excluding hydrogens is 376 g/mol. The van der Waals surface area contributed by atoms with Crippen molar-refractivity contribution in [3.8, 4) is 0 Å². The molecule has 0 heterocycles. The topological polar surface area (TPSA) is 130 Å². The zero-order chi connectivity index (χ0) is 21.3. The van der Waals surface area contributed by atoms with Crippen molar-refractivity contribution in [1.29, 1.82) is 0 Å². The standard InChI is InChI=1S/C14H28O8.C4H8O2/c1-2-17-3-4-18-5-6-19-7-8-20-9-10-21-11-12-22-13-14(15)16;1-2-3-4(5)6/h2-13H2,1H3,(H,15,16);2-3H2,1H3,(H,5,6). The molecule has 0 aliphatic rings. The molecular formula is C18H36O10. The molecule has 0 unspecified atom stereocenters. The van der Waals surface area contributed by atoms with Crippen molar-refractivity contribution in [3.63, 3.8) is 0 Å². The maximum atomic E-state index is 10.1. The SMILES string of the molecule is CCCC(=O)O.CCOCCOCCOCCOCCOCCOCC(=O)O. The van der Waals surface area contributed by atoms with Crippen molar-refractivity contribution >= 4 is 11.9 Å². The maximum Gasteiger partial charge on any atom is 0.329 e. The summed E-state index contributed by atoms with van der Waals surface area (Å²) in [5, 5.41) is 16.2. The molecule has 0 fully saturated rings. The molecule has 0 aromatic heterocycles. The molecule has 0 rings (SSSR count). The second kappa shape index (κ2) is 25.7. The molecule has 168 valence electrons. The Morgan fingerprint density at radius 2 is 0.929 bits per heavy atom. The molecule has 10 nitrogen and oxygen atoms in total. The monoisotopic (exact) mass is 412 g/mol. The second-order valence-electron chi connectivity index (χ2n) is 5.24. The van der Waals surface area contributed by atoms with Crippen molar-refractivity contribution in [1.82, 2.24) is 0 Å². The number of aliphatic carboxylic acids is 2. The number of carboxylic acids is 2. The van der Waals surface area contributed by atoms with Crippen LogP contribution in [-0.4, -0.2) is 101 Å². The highest BCUT2D eigenvalue weighted by atomic mass is 16.6. The summed E-state index contributed by atoms with van der Waals surface area (Å²) in [7, 11) is 0. The fourth-order valence-corrected chi connectivity index (χ4v) is 1.52. The minimum absolute atomic E-state index is 0.263. The Bertz CT molecular complexity index is 338. The second-order valence-corrected chi connectivity index (χ2v) is 5.24. The Balaban J connectivity index is 0. The van der Waals surface area contributed by atoms with Gasteiger partial charge in [-0.05, 0) is 13.3 Å². The molecule has 2 N–H and O–H groups in total. The van der Waals surface area contributed by atoms with E-state index in [0.717, 1.165) is 6.42 Å². The highest BCUT2D eigenvalue weighted by molar-refractivity contribution is 5.68. The number of hydrogen-bond acceptors (Lipinski definition) is 8. The van der Waals surface area contributed by atoms with Crippen LogP contribution < -0.4 is 0 Å². The zero-order valence-electron chi connectivity index (χ0n) is 17.1. The highest BCUT2D eigenvalue weighted by Gasteiger charge is 1.96. The summed E-state index contributed by atoms with van der Waals surface area (Å²) in [5.41, 5.74) is 0. The first-order valence-corrected chi connectivity index (χ1v) is 9.44. The molecule has 0 aliphatic carbocycles. The van der Waals surface area contributed by atoms with Crippen LogP contribution in [0.2, 0.25) is 0 Å². The average molecular weight is 412 g/mol. The van der Waals surface area contributed by atoms with E-state index in [1.807, 2.05) is 13.8 Å². The molecule has 10 heteroatoms. The Kier molecular flexibility index (Phi) is 26.5. The summed E-state index contributed by atoms with van der Waals surface area (Å²) in [6, 6.07) is 0. The van der Waals surface area contributed by atoms with Crippen molar-refractivity contribution in [2.75, 3.05) is 79.3 Å². The minimum Gasteiger partial charge on any atom is -0.481 e. The van der Waals surface area contributed by atoms with Crippen molar-refractivity contribution in [2.24, 2.45) is 0 Å². The lowest BCUT2D eigenvalue weighted by Crippen LogP contribution is -2.15. The number of hydrogen-bond donors (Lipinski definition) is 2. The van der Waals surface area contributed by atoms with Crippen LogP contribution in [0.4, 0.5) is 0 Å². The molecule has 0 saturated carbocycles. The fraction of sp³-hybridized carbons (Fsp3) is 0.889. The van der Waals surface area contributed by atoms with Crippen molar-refractivity contribution < 1.29 is 48.2 Å². The van der Waals surface area contributed by atoms with Gasteiger partial charge in [0.25, 0.3) is 0 Å². The number of carbonyl (C=O) groups is 2. The summed E-state index contributed by atoms with van der Waals surface area (Å²) in [6.45, 7) is 9.00. The molecule has 28 heavy (non-hydrogen) atoms. The summed E-state index contributed by atoms with van der Waals surface area (Å²) in [6.07, 6.45) is 1.02. The average Bonchev–Trinajstić information content (AvgIpc) is 2.64. The van der Waals surface area contributed by atoms with E-state index >= 15 is 0 Å². The van der Waals surface area contributed by atoms with Crippen LogP contribution in [0.15, 0.2) is 0 Å². The lowest BCUT2D eigenvalue weighted by atomic mass is 10.4. The van der Waals surface area contributed by atoms with Gasteiger partial charge in [0, 0.05) is 13.0 Å². The van der Waals surface area contributed by atoms with Gasteiger partial charge in [0.1, 0.15) is 6.61 Å². The molecule has 0 aromatic carbocycles. The minimum atomic E-state index is -0.983. The molecule has 0 aromatic rings. The lowest BCUT2D eigenvalue weighted by Gasteiger charge is -2.07. The Labute approximate surface area is 167 Å². The summed E-state index contributed by atoms with van der Waals surface area (Å²) < 4.78 is 31.0. The summed E-state index contributed by atoms with van der Waals surface area (Å²) >= 11 is 0. The van der Waals surface area contributed by atoms with E-state index in [1.165, 1.54) is 0 Å². The molecule has 0 atom stereocenters. The van der Waals surface area contributed by atoms with Crippen molar-refractivity contribution in [3.05, 3.63) is 0 Å². The van der Waals surface area contributed by atoms with Gasteiger partial charge < -0.3 is 38.6 Å². The van der Waals surface area contributed by atoms with Crippen LogP contribution >= 0.6 is 0 Å². The third kappa shape index (κ3) is 32.4. The first-order valence-electron chi connectivity index (χ1n) is 9.44. The highest BCUT2D eigenvalue weighted by Crippen LogP contribution is 1.84. The number of ether oxygens (including phenoxy) is 6. The van der Waals surface area contributed by atoms with Crippen LogP contribution in [0.5, 0.6) is 0 Å². The smallest absolute Gasteiger partial charge is 0.329 e. The normalized spacial score (nSPS) is 10.4. The van der Waals surface area contributed by atoms with Gasteiger partial charge in [0.05, 0.1) is 66.1 Å². The molecule has 0 radical (unpaired) electrons. The van der Waals surface area contributed by atoms with Crippen LogP contribution in [0.25, 0.3) is 0 Å². The van der Waals surface area contributed by atoms with Gasteiger partial charge in [-0.2, -0.15) is 0 Å². The van der Waals surface area contributed by atoms with E-state index in [9.17, 15) is 9.59 Å². The maximum absolute atomic E-state index is 10.1. The van der Waals surface area contributed by atoms with Gasteiger partial charge >= 0.3 is 11.9 Å². The first-order chi connectivity index (χ1) is 13.5. The van der Waals surface area contributed by atoms with E-state index in [1.54, 1.807) is 0 Å². The van der Waals surface area contributed by atoms with Crippen molar-refractivity contribution in [2.45, 2.75) is 26.7 Å². The predicted octanol–water partition coefficient (Wildman–Crippen LogP) is 1.06. The summed E-state index contributed by atoms with van der Waals surface area (Å²) in [4.78, 5) is 19.7. The van der Waals surface area contributed by atoms with Gasteiger partial charge in [0.15, 0.2) is 0 Å².